The Labute approximate surface area is 259 Å². The van der Waals surface area contributed by atoms with Gasteiger partial charge in [0.05, 0.1) is 0 Å². The minimum absolute atomic E-state index is 0.0504. The van der Waals surface area contributed by atoms with E-state index in [2.05, 4.69) is 46.1 Å². The summed E-state index contributed by atoms with van der Waals surface area (Å²) in [6.45, 7) is 14.6. The number of ether oxygens (including phenoxy) is 1. The maximum atomic E-state index is 13.6. The van der Waals surface area contributed by atoms with Gasteiger partial charge in [0.2, 0.25) is 12.6 Å². The van der Waals surface area contributed by atoms with E-state index in [1.54, 1.807) is 0 Å². The molecule has 2 unspecified atom stereocenters. The van der Waals surface area contributed by atoms with Gasteiger partial charge in [0, 0.05) is 45.9 Å². The zero-order valence-electron chi connectivity index (χ0n) is 25.8. The van der Waals surface area contributed by atoms with E-state index in [1.807, 2.05) is 0 Å². The molecule has 252 valence electrons. The van der Waals surface area contributed by atoms with Crippen LogP contribution in [0.15, 0.2) is 49.1 Å². The number of aliphatic hydroxyl groups excluding tert-OH is 2. The SMILES string of the molecule is C=CC=O.CCN(C(C)C)C(C)C.O=[N+]([O-])C1CCC(O)O[C@@H]1c1cc(F)ccc1F.O=[N+]([O-])C[C@H](O)c1cc(F)ccc1F. The van der Waals surface area contributed by atoms with Crippen molar-refractivity contribution in [3.63, 3.8) is 0 Å². The Morgan fingerprint density at radius 2 is 1.51 bits per heavy atom. The lowest BCUT2D eigenvalue weighted by Crippen LogP contribution is -2.38. The third kappa shape index (κ3) is 15.2. The molecule has 0 aliphatic carbocycles. The number of aldehydes is 1. The van der Waals surface area contributed by atoms with E-state index in [0.29, 0.717) is 18.4 Å². The number of carbonyl (C=O) groups excluding carboxylic acids is 1. The fourth-order valence-electron chi connectivity index (χ4n) is 4.36. The minimum Gasteiger partial charge on any atom is -0.381 e. The Morgan fingerprint density at radius 1 is 1.00 bits per heavy atom. The van der Waals surface area contributed by atoms with Gasteiger partial charge >= 0.3 is 0 Å². The molecule has 0 bridgehead atoms. The van der Waals surface area contributed by atoms with Crippen molar-refractivity contribution in [2.45, 2.75) is 84.1 Å². The van der Waals surface area contributed by atoms with Crippen molar-refractivity contribution in [3.05, 3.63) is 104 Å². The fraction of sp³-hybridized carbons (Fsp3) is 0.500. The average Bonchev–Trinajstić information content (AvgIpc) is 2.95. The van der Waals surface area contributed by atoms with Gasteiger partial charge in [-0.05, 0) is 76.7 Å². The first-order valence-electron chi connectivity index (χ1n) is 14.0. The highest BCUT2D eigenvalue weighted by molar-refractivity contribution is 5.63. The molecule has 45 heavy (non-hydrogen) atoms. The molecule has 1 saturated heterocycles. The Morgan fingerprint density at radius 3 is 1.93 bits per heavy atom. The van der Waals surface area contributed by atoms with Crippen LogP contribution < -0.4 is 0 Å². The van der Waals surface area contributed by atoms with E-state index in [4.69, 9.17) is 14.6 Å². The number of benzene rings is 2. The van der Waals surface area contributed by atoms with Crippen molar-refractivity contribution in [2.24, 2.45) is 0 Å². The smallest absolute Gasteiger partial charge is 0.243 e. The molecule has 0 saturated carbocycles. The van der Waals surface area contributed by atoms with Crippen molar-refractivity contribution in [1.82, 2.24) is 4.90 Å². The maximum Gasteiger partial charge on any atom is 0.243 e. The molecule has 2 N–H and O–H groups in total. The minimum atomic E-state index is -1.62. The summed E-state index contributed by atoms with van der Waals surface area (Å²) in [5.74, 6) is -3.11. The second kappa shape index (κ2) is 21.0. The molecule has 2 aromatic carbocycles. The number of hydrogen-bond acceptors (Lipinski definition) is 9. The Balaban J connectivity index is 0.000000638. The van der Waals surface area contributed by atoms with Gasteiger partial charge in [0.15, 0.2) is 12.4 Å². The number of allylic oxidation sites excluding steroid dienone is 1. The van der Waals surface area contributed by atoms with Crippen LogP contribution in [0, 0.1) is 43.5 Å². The van der Waals surface area contributed by atoms with E-state index in [1.165, 1.54) is 6.08 Å². The van der Waals surface area contributed by atoms with E-state index >= 15 is 0 Å². The number of rotatable bonds is 9. The van der Waals surface area contributed by atoms with Crippen molar-refractivity contribution in [3.8, 4) is 0 Å². The van der Waals surface area contributed by atoms with Crippen LogP contribution in [0.3, 0.4) is 0 Å². The van der Waals surface area contributed by atoms with Crippen LogP contribution >= 0.6 is 0 Å². The highest BCUT2D eigenvalue weighted by Crippen LogP contribution is 2.34. The molecule has 0 aromatic heterocycles. The largest absolute Gasteiger partial charge is 0.381 e. The summed E-state index contributed by atoms with van der Waals surface area (Å²) < 4.78 is 57.1. The van der Waals surface area contributed by atoms with Crippen LogP contribution in [0.5, 0.6) is 0 Å². The maximum absolute atomic E-state index is 13.6. The first kappa shape index (κ1) is 41.2. The van der Waals surface area contributed by atoms with Crippen LogP contribution in [-0.2, 0) is 9.53 Å². The molecular weight excluding hydrogens is 606 g/mol. The zero-order valence-corrected chi connectivity index (χ0v) is 25.8. The average molecular weight is 648 g/mol. The van der Waals surface area contributed by atoms with Crippen molar-refractivity contribution in [1.29, 1.82) is 0 Å². The molecule has 1 heterocycles. The summed E-state index contributed by atoms with van der Waals surface area (Å²) in [7, 11) is 0. The topological polar surface area (TPSA) is 156 Å². The lowest BCUT2D eigenvalue weighted by atomic mass is 9.95. The molecule has 3 rings (SSSR count). The van der Waals surface area contributed by atoms with Gasteiger partial charge in [-0.2, -0.15) is 0 Å². The third-order valence-corrected chi connectivity index (χ3v) is 6.32. The van der Waals surface area contributed by atoms with E-state index in [0.717, 1.165) is 42.9 Å². The standard InChI is InChI=1S/C11H11F2NO4.C8H7F2NO3.C8H19N.C3H4O/c12-6-1-2-8(13)7(5-6)11-9(14(16)17)3-4-10(15)18-11;9-5-1-2-7(10)6(3-5)8(12)4-11(13)14;1-6-9(7(2)3)8(4)5;1-2-3-4/h1-2,5,9-11,15H,3-4H2;1-3,8,12H,4H2;7-8H,6H2,1-5H3;2-3H,1H2/t9?,10?,11-;8-;;/m10../s1. The van der Waals surface area contributed by atoms with Gasteiger partial charge in [-0.3, -0.25) is 29.9 Å². The molecule has 4 atom stereocenters. The first-order valence-corrected chi connectivity index (χ1v) is 14.0. The third-order valence-electron chi connectivity index (χ3n) is 6.32. The van der Waals surface area contributed by atoms with Gasteiger partial charge in [0.25, 0.3) is 0 Å². The Kier molecular flexibility index (Phi) is 19.3. The monoisotopic (exact) mass is 647 g/mol. The van der Waals surface area contributed by atoms with Gasteiger partial charge in [-0.1, -0.05) is 13.5 Å². The van der Waals surface area contributed by atoms with E-state index in [9.17, 15) is 42.9 Å². The molecule has 15 heteroatoms. The van der Waals surface area contributed by atoms with Crippen LogP contribution in [0.1, 0.15) is 70.8 Å². The van der Waals surface area contributed by atoms with Crippen LogP contribution in [0.2, 0.25) is 0 Å². The lowest BCUT2D eigenvalue weighted by Gasteiger charge is -2.29. The quantitative estimate of drug-likeness (QED) is 0.117. The molecule has 2 aromatic rings. The molecule has 11 nitrogen and oxygen atoms in total. The second-order valence-electron chi connectivity index (χ2n) is 10.2. The van der Waals surface area contributed by atoms with Crippen LogP contribution in [-0.4, -0.2) is 68.8 Å². The summed E-state index contributed by atoms with van der Waals surface area (Å²) >= 11 is 0. The number of halogens is 4. The highest BCUT2D eigenvalue weighted by atomic mass is 19.1. The number of aliphatic hydroxyl groups is 2. The number of nitro groups is 2. The molecule has 0 spiro atoms. The second-order valence-corrected chi connectivity index (χ2v) is 10.2. The Hall–Kier alpha value is -3.79. The summed E-state index contributed by atoms with van der Waals surface area (Å²) in [5, 5.41) is 39.4. The molecule has 0 radical (unpaired) electrons. The number of hydrogen-bond donors (Lipinski definition) is 2. The van der Waals surface area contributed by atoms with Gasteiger partial charge in [-0.25, -0.2) is 17.6 Å². The van der Waals surface area contributed by atoms with E-state index in [-0.39, 0.29) is 18.4 Å². The molecule has 1 fully saturated rings. The van der Waals surface area contributed by atoms with Crippen molar-refractivity contribution in [2.75, 3.05) is 13.1 Å². The van der Waals surface area contributed by atoms with Crippen molar-refractivity contribution < 1.29 is 47.2 Å². The van der Waals surface area contributed by atoms with Gasteiger partial charge in [0.1, 0.15) is 35.7 Å². The normalized spacial score (nSPS) is 18.0. The summed E-state index contributed by atoms with van der Waals surface area (Å²) in [6.07, 6.45) is -2.12. The lowest BCUT2D eigenvalue weighted by molar-refractivity contribution is -0.547. The fourth-order valence-corrected chi connectivity index (χ4v) is 4.36. The van der Waals surface area contributed by atoms with Crippen LogP contribution in [0.25, 0.3) is 0 Å². The molecule has 0 amide bonds. The molecule has 1 aliphatic heterocycles. The predicted molar refractivity (Wildman–Crippen MR) is 158 cm³/mol. The first-order chi connectivity index (χ1) is 21.0. The van der Waals surface area contributed by atoms with Crippen molar-refractivity contribution >= 4 is 6.29 Å². The Bertz CT molecular complexity index is 1220. The predicted octanol–water partition coefficient (Wildman–Crippen LogP) is 5.55. The van der Waals surface area contributed by atoms with Gasteiger partial charge in [-0.15, -0.1) is 0 Å². The summed E-state index contributed by atoms with van der Waals surface area (Å²) in [4.78, 5) is 31.0. The number of nitrogens with zero attached hydrogens (tertiary/aromatic N) is 3. The molecule has 1 aliphatic rings. The molecular formula is C30H41F4N3O8. The highest BCUT2D eigenvalue weighted by Gasteiger charge is 2.41. The van der Waals surface area contributed by atoms with Crippen LogP contribution in [0.4, 0.5) is 17.6 Å². The van der Waals surface area contributed by atoms with Gasteiger partial charge < -0.3 is 14.9 Å². The van der Waals surface area contributed by atoms with E-state index < -0.39 is 69.8 Å². The number of carbonyl (C=O) groups is 1. The summed E-state index contributed by atoms with van der Waals surface area (Å²) in [5.41, 5.74) is -0.642. The summed E-state index contributed by atoms with van der Waals surface area (Å²) in [6, 6.07) is 5.27. The zero-order chi connectivity index (χ0) is 34.9.